The van der Waals surface area contributed by atoms with Gasteiger partial charge < -0.3 is 9.64 Å². The lowest BCUT2D eigenvalue weighted by Gasteiger charge is -2.32. The zero-order valence-corrected chi connectivity index (χ0v) is 14.5. The maximum atomic E-state index is 5.19. The molecule has 0 N–H and O–H groups in total. The van der Waals surface area contributed by atoms with Crippen molar-refractivity contribution < 1.29 is 4.74 Å². The smallest absolute Gasteiger partial charge is 0.214 e. The molecule has 124 valence electrons. The zero-order chi connectivity index (χ0) is 16.1. The van der Waals surface area contributed by atoms with Gasteiger partial charge in [0, 0.05) is 11.8 Å². The molecule has 3 rings (SSSR count). The van der Waals surface area contributed by atoms with Crippen molar-refractivity contribution in [3.8, 4) is 11.4 Å². The topological polar surface area (TPSA) is 56.1 Å². The summed E-state index contributed by atoms with van der Waals surface area (Å²) in [4.78, 5) is 2.48. The van der Waals surface area contributed by atoms with E-state index in [1.54, 1.807) is 23.6 Å². The number of hydrogen-bond donors (Lipinski definition) is 0. The summed E-state index contributed by atoms with van der Waals surface area (Å²) in [5.41, 5.74) is 0.952. The van der Waals surface area contributed by atoms with Gasteiger partial charge in [-0.1, -0.05) is 18.2 Å². The molecule has 0 radical (unpaired) electrons. The Kier molecular flexibility index (Phi) is 5.51. The van der Waals surface area contributed by atoms with E-state index in [-0.39, 0.29) is 0 Å². The monoisotopic (exact) mass is 333 g/mol. The first-order valence-corrected chi connectivity index (χ1v) is 9.02. The average molecular weight is 333 g/mol. The lowest BCUT2D eigenvalue weighted by Crippen LogP contribution is -2.36. The highest BCUT2D eigenvalue weighted by Gasteiger charge is 2.19. The van der Waals surface area contributed by atoms with Gasteiger partial charge in [-0.2, -0.15) is 4.68 Å². The van der Waals surface area contributed by atoms with Gasteiger partial charge in [0.05, 0.1) is 12.8 Å². The molecule has 1 aromatic carbocycles. The number of tetrazole rings is 1. The van der Waals surface area contributed by atoms with Crippen LogP contribution >= 0.6 is 11.8 Å². The van der Waals surface area contributed by atoms with Crippen molar-refractivity contribution in [2.75, 3.05) is 26.5 Å². The van der Waals surface area contributed by atoms with Gasteiger partial charge in [-0.05, 0) is 67.5 Å². The van der Waals surface area contributed by atoms with Gasteiger partial charge in [0.15, 0.2) is 0 Å². The van der Waals surface area contributed by atoms with E-state index in [4.69, 9.17) is 4.74 Å². The highest BCUT2D eigenvalue weighted by molar-refractivity contribution is 7.99. The number of thioether (sulfide) groups is 1. The van der Waals surface area contributed by atoms with E-state index in [1.807, 2.05) is 24.3 Å². The van der Waals surface area contributed by atoms with Crippen LogP contribution in [0.5, 0.6) is 5.75 Å². The van der Waals surface area contributed by atoms with Crippen LogP contribution in [0.3, 0.4) is 0 Å². The minimum atomic E-state index is 0.696. The molecule has 0 unspecified atom stereocenters. The standard InChI is InChI=1S/C16H23N5OS/c1-20-11-4-3-5-13(20)10-12-23-16-17-18-19-21(16)14-6-8-15(22-2)9-7-14/h6-9,13H,3-5,10-12H2,1-2H3/t13-/m0/s1. The third kappa shape index (κ3) is 4.03. The van der Waals surface area contributed by atoms with Gasteiger partial charge >= 0.3 is 0 Å². The fourth-order valence-corrected chi connectivity index (χ4v) is 3.88. The molecule has 1 aliphatic heterocycles. The van der Waals surface area contributed by atoms with Gasteiger partial charge in [-0.15, -0.1) is 5.10 Å². The van der Waals surface area contributed by atoms with Gasteiger partial charge in [0.2, 0.25) is 5.16 Å². The first-order chi connectivity index (χ1) is 11.3. The number of benzene rings is 1. The maximum absolute atomic E-state index is 5.19. The predicted molar refractivity (Wildman–Crippen MR) is 91.3 cm³/mol. The number of likely N-dealkylation sites (tertiary alicyclic amines) is 1. The summed E-state index contributed by atoms with van der Waals surface area (Å²) < 4.78 is 6.97. The van der Waals surface area contributed by atoms with E-state index in [9.17, 15) is 0 Å². The molecule has 23 heavy (non-hydrogen) atoms. The Morgan fingerprint density at radius 1 is 1.26 bits per heavy atom. The molecule has 1 aliphatic rings. The van der Waals surface area contributed by atoms with Crippen molar-refractivity contribution in [1.82, 2.24) is 25.1 Å². The largest absolute Gasteiger partial charge is 0.497 e. The Bertz CT molecular complexity index is 615. The van der Waals surface area contributed by atoms with Crippen LogP contribution in [0.4, 0.5) is 0 Å². The Morgan fingerprint density at radius 2 is 2.09 bits per heavy atom. The molecule has 6 nitrogen and oxygen atoms in total. The van der Waals surface area contributed by atoms with Crippen LogP contribution in [-0.4, -0.2) is 57.6 Å². The summed E-state index contributed by atoms with van der Waals surface area (Å²) in [6, 6.07) is 8.47. The summed E-state index contributed by atoms with van der Waals surface area (Å²) in [5.74, 6) is 1.86. The second-order valence-electron chi connectivity index (χ2n) is 5.84. The van der Waals surface area contributed by atoms with Crippen molar-refractivity contribution in [2.45, 2.75) is 36.9 Å². The minimum absolute atomic E-state index is 0.696. The van der Waals surface area contributed by atoms with Crippen LogP contribution in [0.2, 0.25) is 0 Å². The molecule has 2 heterocycles. The van der Waals surface area contributed by atoms with Crippen LogP contribution in [0.1, 0.15) is 25.7 Å². The van der Waals surface area contributed by atoms with E-state index in [0.717, 1.165) is 22.3 Å². The van der Waals surface area contributed by atoms with Crippen LogP contribution < -0.4 is 4.74 Å². The van der Waals surface area contributed by atoms with E-state index >= 15 is 0 Å². The highest BCUT2D eigenvalue weighted by atomic mass is 32.2. The zero-order valence-electron chi connectivity index (χ0n) is 13.7. The number of aromatic nitrogens is 4. The third-order valence-corrected chi connectivity index (χ3v) is 5.31. The van der Waals surface area contributed by atoms with Crippen molar-refractivity contribution in [3.05, 3.63) is 24.3 Å². The number of ether oxygens (including phenoxy) is 1. The molecule has 0 saturated carbocycles. The Labute approximate surface area is 141 Å². The van der Waals surface area contributed by atoms with Crippen LogP contribution in [-0.2, 0) is 0 Å². The molecular formula is C16H23N5OS. The first kappa shape index (κ1) is 16.3. The van der Waals surface area contributed by atoms with E-state index in [0.29, 0.717) is 6.04 Å². The van der Waals surface area contributed by atoms with E-state index in [1.165, 1.54) is 32.2 Å². The molecular weight excluding hydrogens is 310 g/mol. The van der Waals surface area contributed by atoms with Crippen molar-refractivity contribution >= 4 is 11.8 Å². The van der Waals surface area contributed by atoms with E-state index < -0.39 is 0 Å². The molecule has 0 amide bonds. The number of piperidine rings is 1. The summed E-state index contributed by atoms with van der Waals surface area (Å²) in [7, 11) is 3.89. The summed E-state index contributed by atoms with van der Waals surface area (Å²) >= 11 is 1.72. The summed E-state index contributed by atoms with van der Waals surface area (Å²) in [6.45, 7) is 1.22. The minimum Gasteiger partial charge on any atom is -0.497 e. The Morgan fingerprint density at radius 3 is 2.83 bits per heavy atom. The number of nitrogens with zero attached hydrogens (tertiary/aromatic N) is 5. The maximum Gasteiger partial charge on any atom is 0.214 e. The third-order valence-electron chi connectivity index (χ3n) is 4.36. The SMILES string of the molecule is COc1ccc(-n2nnnc2SCC[C@@H]2CCCCN2C)cc1. The van der Waals surface area contributed by atoms with E-state index in [2.05, 4.69) is 27.5 Å². The second kappa shape index (κ2) is 7.79. The van der Waals surface area contributed by atoms with Crippen LogP contribution in [0.15, 0.2) is 29.4 Å². The van der Waals surface area contributed by atoms with Gasteiger partial charge in [0.25, 0.3) is 0 Å². The van der Waals surface area contributed by atoms with Gasteiger partial charge in [-0.25, -0.2) is 0 Å². The molecule has 1 fully saturated rings. The molecule has 1 atom stereocenters. The van der Waals surface area contributed by atoms with Gasteiger partial charge in [-0.3, -0.25) is 0 Å². The summed E-state index contributed by atoms with van der Waals surface area (Å²) in [6.07, 6.45) is 5.16. The molecule has 1 saturated heterocycles. The van der Waals surface area contributed by atoms with Crippen molar-refractivity contribution in [2.24, 2.45) is 0 Å². The lowest BCUT2D eigenvalue weighted by atomic mass is 10.0. The predicted octanol–water partition coefficient (Wildman–Crippen LogP) is 2.64. The Balaban J connectivity index is 1.59. The lowest BCUT2D eigenvalue weighted by molar-refractivity contribution is 0.182. The van der Waals surface area contributed by atoms with Crippen LogP contribution in [0, 0.1) is 0 Å². The number of rotatable bonds is 6. The van der Waals surface area contributed by atoms with Crippen LogP contribution in [0.25, 0.3) is 5.69 Å². The molecule has 2 aromatic rings. The van der Waals surface area contributed by atoms with Gasteiger partial charge in [0.1, 0.15) is 5.75 Å². The molecule has 0 aliphatic carbocycles. The normalized spacial score (nSPS) is 19.0. The first-order valence-electron chi connectivity index (χ1n) is 8.04. The molecule has 0 spiro atoms. The number of methoxy groups -OCH3 is 1. The molecule has 7 heteroatoms. The molecule has 0 bridgehead atoms. The fraction of sp³-hybridized carbons (Fsp3) is 0.562. The quantitative estimate of drug-likeness (QED) is 0.758. The molecule has 1 aromatic heterocycles. The second-order valence-corrected chi connectivity index (χ2v) is 6.90. The summed E-state index contributed by atoms with van der Waals surface area (Å²) in [5, 5.41) is 12.9. The average Bonchev–Trinajstić information content (AvgIpc) is 3.05. The van der Waals surface area contributed by atoms with Crippen molar-refractivity contribution in [1.29, 1.82) is 0 Å². The highest BCUT2D eigenvalue weighted by Crippen LogP contribution is 2.24. The fourth-order valence-electron chi connectivity index (χ4n) is 2.95. The Hall–Kier alpha value is -1.60. The van der Waals surface area contributed by atoms with Crippen molar-refractivity contribution in [3.63, 3.8) is 0 Å². The number of hydrogen-bond acceptors (Lipinski definition) is 6.